The third-order valence-electron chi connectivity index (χ3n) is 8.35. The van der Waals surface area contributed by atoms with Crippen molar-refractivity contribution in [3.05, 3.63) is 70.5 Å². The number of rotatable bonds is 7. The lowest BCUT2D eigenvalue weighted by atomic mass is 9.71. The van der Waals surface area contributed by atoms with E-state index in [1.54, 1.807) is 25.1 Å². The van der Waals surface area contributed by atoms with Gasteiger partial charge in [-0.3, -0.25) is 9.59 Å². The molecule has 11 heteroatoms. The molecule has 2 amide bonds. The molecule has 2 N–H and O–H groups in total. The van der Waals surface area contributed by atoms with Crippen LogP contribution >= 0.6 is 11.6 Å². The topological polar surface area (TPSA) is 102 Å². The third kappa shape index (κ3) is 5.65. The number of carbonyl (C=O) groups is 2. The maximum absolute atomic E-state index is 16.8. The van der Waals surface area contributed by atoms with Crippen LogP contribution in [0.3, 0.4) is 0 Å². The van der Waals surface area contributed by atoms with Crippen molar-refractivity contribution >= 4 is 46.1 Å². The molecule has 2 aliphatic rings. The molecule has 2 aromatic carbocycles. The summed E-state index contributed by atoms with van der Waals surface area (Å²) < 4.78 is 16.8. The minimum atomic E-state index is -0.655. The normalized spacial score (nSPS) is 20.3. The van der Waals surface area contributed by atoms with E-state index < -0.39 is 17.8 Å². The number of fused-ring (bicyclic) bond motifs is 2. The lowest BCUT2D eigenvalue weighted by Crippen LogP contribution is -2.48. The molecular formula is C31H36ClFN6O3. The summed E-state index contributed by atoms with van der Waals surface area (Å²) in [6.07, 6.45) is 1.35. The molecule has 0 bridgehead atoms. The highest BCUT2D eigenvalue weighted by molar-refractivity contribution is 6.32. The second-order valence-corrected chi connectivity index (χ2v) is 11.5. The molecule has 2 heterocycles. The van der Waals surface area contributed by atoms with Crippen LogP contribution in [0.5, 0.6) is 0 Å². The van der Waals surface area contributed by atoms with E-state index in [0.717, 1.165) is 11.1 Å². The number of nitrogens with zero attached hydrogens (tertiary/aromatic N) is 5. The zero-order valence-corrected chi connectivity index (χ0v) is 24.9. The van der Waals surface area contributed by atoms with Gasteiger partial charge in [0.05, 0.1) is 6.10 Å². The number of amides is 2. The van der Waals surface area contributed by atoms with Crippen molar-refractivity contribution in [3.63, 3.8) is 0 Å². The standard InChI is InChI=1S/C31H36ClFN6O3/c1-5-24(41)38-12-14-39(15-13-38)30-21-17-22(32)27(26-18(2)23(40)16-19-8-6-7-9-20(19)26)28(33)29(21)35-31(36-30)34-11-10-25(42)37(3)4/h5-9,17-18,23,26,40H,1,10-16H2,2-4H3,(H,34,35,36)/t18-,23-,26-/m0/s1. The number of nitrogens with one attached hydrogen (secondary N) is 1. The Kier molecular flexibility index (Phi) is 8.65. The Morgan fingerprint density at radius 2 is 1.93 bits per heavy atom. The van der Waals surface area contributed by atoms with Crippen molar-refractivity contribution in [2.75, 3.05) is 57.0 Å². The highest BCUT2D eigenvalue weighted by Crippen LogP contribution is 2.46. The monoisotopic (exact) mass is 594 g/mol. The first kappa shape index (κ1) is 29.7. The summed E-state index contributed by atoms with van der Waals surface area (Å²) in [5.41, 5.74) is 2.30. The molecule has 3 aromatic rings. The number of benzene rings is 2. The Bertz CT molecular complexity index is 1520. The molecule has 1 aliphatic carbocycles. The van der Waals surface area contributed by atoms with Gasteiger partial charge in [-0.25, -0.2) is 9.37 Å². The molecule has 0 spiro atoms. The molecule has 1 aliphatic heterocycles. The van der Waals surface area contributed by atoms with Crippen LogP contribution in [0.2, 0.25) is 5.02 Å². The van der Waals surface area contributed by atoms with E-state index in [2.05, 4.69) is 16.9 Å². The van der Waals surface area contributed by atoms with E-state index in [0.29, 0.717) is 49.4 Å². The minimum Gasteiger partial charge on any atom is -0.392 e. The zero-order valence-electron chi connectivity index (χ0n) is 24.1. The Morgan fingerprint density at radius 3 is 2.62 bits per heavy atom. The van der Waals surface area contributed by atoms with Gasteiger partial charge in [-0.05, 0) is 35.6 Å². The van der Waals surface area contributed by atoms with Crippen molar-refractivity contribution < 1.29 is 19.1 Å². The molecule has 1 aromatic heterocycles. The van der Waals surface area contributed by atoms with E-state index in [4.69, 9.17) is 16.6 Å². The number of halogens is 2. The summed E-state index contributed by atoms with van der Waals surface area (Å²) >= 11 is 6.89. The first-order valence-corrected chi connectivity index (χ1v) is 14.5. The fourth-order valence-electron chi connectivity index (χ4n) is 5.93. The van der Waals surface area contributed by atoms with Crippen molar-refractivity contribution in [2.45, 2.75) is 31.8 Å². The van der Waals surface area contributed by atoms with E-state index in [9.17, 15) is 14.7 Å². The van der Waals surface area contributed by atoms with Crippen LogP contribution in [-0.2, 0) is 16.0 Å². The van der Waals surface area contributed by atoms with Crippen LogP contribution in [-0.4, -0.2) is 89.6 Å². The SMILES string of the molecule is C=CC(=O)N1CCN(c2nc(NCCC(=O)N(C)C)nc3c(F)c([C@@H]4c5ccccc5C[C@H](O)[C@@H]4C)c(Cl)cc23)CC1. The van der Waals surface area contributed by atoms with Gasteiger partial charge in [0.2, 0.25) is 17.8 Å². The van der Waals surface area contributed by atoms with Crippen LogP contribution in [0.1, 0.15) is 36.0 Å². The smallest absolute Gasteiger partial charge is 0.246 e. The molecule has 5 rings (SSSR count). The molecule has 1 saturated heterocycles. The zero-order chi connectivity index (χ0) is 30.1. The molecule has 1 fully saturated rings. The van der Waals surface area contributed by atoms with Gasteiger partial charge in [0.25, 0.3) is 0 Å². The van der Waals surface area contributed by atoms with Crippen LogP contribution in [0.25, 0.3) is 10.9 Å². The van der Waals surface area contributed by atoms with Crippen LogP contribution < -0.4 is 10.2 Å². The largest absolute Gasteiger partial charge is 0.392 e. The first-order valence-electron chi connectivity index (χ1n) is 14.2. The van der Waals surface area contributed by atoms with Crippen LogP contribution in [0.15, 0.2) is 43.0 Å². The van der Waals surface area contributed by atoms with E-state index >= 15 is 4.39 Å². The van der Waals surface area contributed by atoms with E-state index in [1.807, 2.05) is 36.1 Å². The molecule has 222 valence electrons. The summed E-state index contributed by atoms with van der Waals surface area (Å²) in [6.45, 7) is 7.62. The van der Waals surface area contributed by atoms with Gasteiger partial charge in [-0.2, -0.15) is 4.98 Å². The predicted molar refractivity (Wildman–Crippen MR) is 162 cm³/mol. The van der Waals surface area contributed by atoms with Crippen molar-refractivity contribution in [1.29, 1.82) is 0 Å². The number of aromatic nitrogens is 2. The second-order valence-electron chi connectivity index (χ2n) is 11.1. The Morgan fingerprint density at radius 1 is 1.21 bits per heavy atom. The predicted octanol–water partition coefficient (Wildman–Crippen LogP) is 3.83. The van der Waals surface area contributed by atoms with Gasteiger partial charge in [0.15, 0.2) is 5.82 Å². The number of carbonyl (C=O) groups excluding carboxylic acids is 2. The summed E-state index contributed by atoms with van der Waals surface area (Å²) in [5.74, 6) is -0.823. The van der Waals surface area contributed by atoms with Gasteiger partial charge in [0.1, 0.15) is 11.3 Å². The molecule has 42 heavy (non-hydrogen) atoms. The van der Waals surface area contributed by atoms with Crippen LogP contribution in [0, 0.1) is 11.7 Å². The average molecular weight is 595 g/mol. The highest BCUT2D eigenvalue weighted by atomic mass is 35.5. The fraction of sp³-hybridized carbons (Fsp3) is 0.419. The highest BCUT2D eigenvalue weighted by Gasteiger charge is 2.37. The summed E-state index contributed by atoms with van der Waals surface area (Å²) in [5, 5.41) is 14.7. The summed E-state index contributed by atoms with van der Waals surface area (Å²) in [4.78, 5) is 38.8. The molecule has 0 unspecified atom stereocenters. The third-order valence-corrected chi connectivity index (χ3v) is 8.66. The van der Waals surface area contributed by atoms with Gasteiger partial charge < -0.3 is 25.1 Å². The molecular weight excluding hydrogens is 559 g/mol. The lowest BCUT2D eigenvalue weighted by Gasteiger charge is -2.37. The van der Waals surface area contributed by atoms with Gasteiger partial charge in [-0.1, -0.05) is 49.4 Å². The first-order chi connectivity index (χ1) is 20.1. The quantitative estimate of drug-likeness (QED) is 0.401. The van der Waals surface area contributed by atoms with Crippen molar-refractivity contribution in [1.82, 2.24) is 19.8 Å². The van der Waals surface area contributed by atoms with Crippen molar-refractivity contribution in [3.8, 4) is 0 Å². The molecule has 0 saturated carbocycles. The Labute approximate surface area is 250 Å². The number of piperazine rings is 1. The maximum Gasteiger partial charge on any atom is 0.246 e. The number of aliphatic hydroxyl groups is 1. The fourth-order valence-corrected chi connectivity index (χ4v) is 6.24. The minimum absolute atomic E-state index is 0.0599. The summed E-state index contributed by atoms with van der Waals surface area (Å²) in [6, 6.07) is 9.46. The van der Waals surface area contributed by atoms with Gasteiger partial charge >= 0.3 is 0 Å². The van der Waals surface area contributed by atoms with Gasteiger partial charge in [-0.15, -0.1) is 0 Å². The maximum atomic E-state index is 16.8. The molecule has 9 nitrogen and oxygen atoms in total. The molecule has 3 atom stereocenters. The summed E-state index contributed by atoms with van der Waals surface area (Å²) in [7, 11) is 3.37. The Hall–Kier alpha value is -3.76. The number of hydrogen-bond donors (Lipinski definition) is 2. The molecule has 0 radical (unpaired) electrons. The Balaban J connectivity index is 1.60. The van der Waals surface area contributed by atoms with E-state index in [1.165, 1.54) is 11.0 Å². The number of anilines is 2. The van der Waals surface area contributed by atoms with Crippen LogP contribution in [0.4, 0.5) is 16.2 Å². The number of aliphatic hydroxyl groups excluding tert-OH is 1. The lowest BCUT2D eigenvalue weighted by molar-refractivity contribution is -0.128. The van der Waals surface area contributed by atoms with Crippen molar-refractivity contribution in [2.24, 2.45) is 5.92 Å². The number of hydrogen-bond acceptors (Lipinski definition) is 7. The second kappa shape index (κ2) is 12.2. The average Bonchev–Trinajstić information content (AvgIpc) is 2.98. The van der Waals surface area contributed by atoms with Gasteiger partial charge in [0, 0.05) is 75.1 Å². The van der Waals surface area contributed by atoms with E-state index in [-0.39, 0.29) is 47.2 Å².